The number of aryl methyl sites for hydroxylation is 3. The Hall–Kier alpha value is -1.16. The molecule has 0 aliphatic carbocycles. The van der Waals surface area contributed by atoms with Gasteiger partial charge in [0.2, 0.25) is 0 Å². The maximum Gasteiger partial charge on any atom is 0.0713 e. The van der Waals surface area contributed by atoms with Gasteiger partial charge in [0.25, 0.3) is 0 Å². The third kappa shape index (κ3) is 3.24. The molecule has 1 unspecified atom stereocenters. The molecule has 0 aliphatic rings. The number of hydrazine groups is 1. The second kappa shape index (κ2) is 5.87. The number of nitrogens with one attached hydrogen (secondary N) is 1. The topological polar surface area (TPSA) is 38.0 Å². The van der Waals surface area contributed by atoms with Crippen molar-refractivity contribution in [1.82, 2.24) is 5.43 Å². The van der Waals surface area contributed by atoms with Gasteiger partial charge in [-0.25, -0.2) is 5.43 Å². The number of halogens is 1. The van der Waals surface area contributed by atoms with Crippen molar-refractivity contribution < 1.29 is 0 Å². The number of benzene rings is 2. The van der Waals surface area contributed by atoms with Crippen LogP contribution in [0.2, 0.25) is 0 Å². The molecule has 2 nitrogen and oxygen atoms in total. The van der Waals surface area contributed by atoms with Crippen LogP contribution in [0.15, 0.2) is 40.9 Å². The quantitative estimate of drug-likeness (QED) is 0.664. The summed E-state index contributed by atoms with van der Waals surface area (Å²) in [6, 6.07) is 12.8. The molecule has 0 saturated carbocycles. The summed E-state index contributed by atoms with van der Waals surface area (Å²) >= 11 is 3.54. The lowest BCUT2D eigenvalue weighted by Gasteiger charge is -2.20. The minimum absolute atomic E-state index is 0.0109. The van der Waals surface area contributed by atoms with E-state index in [1.54, 1.807) is 0 Å². The first-order valence-corrected chi connectivity index (χ1v) is 7.11. The Morgan fingerprint density at radius 2 is 1.74 bits per heavy atom. The molecule has 3 heteroatoms. The third-order valence-electron chi connectivity index (χ3n) is 3.30. The molecule has 3 N–H and O–H groups in total. The lowest BCUT2D eigenvalue weighted by molar-refractivity contribution is 0.633. The Labute approximate surface area is 123 Å². The molecule has 0 amide bonds. The van der Waals surface area contributed by atoms with Crippen molar-refractivity contribution in [2.24, 2.45) is 5.84 Å². The molecule has 0 aromatic heterocycles. The van der Waals surface area contributed by atoms with Gasteiger partial charge in [0.1, 0.15) is 0 Å². The number of nitrogens with two attached hydrogens (primary N) is 1. The van der Waals surface area contributed by atoms with Gasteiger partial charge in [-0.1, -0.05) is 45.8 Å². The van der Waals surface area contributed by atoms with E-state index in [1.165, 1.54) is 27.8 Å². The van der Waals surface area contributed by atoms with Gasteiger partial charge < -0.3 is 0 Å². The molecule has 2 aromatic carbocycles. The van der Waals surface area contributed by atoms with Gasteiger partial charge in [0, 0.05) is 4.47 Å². The van der Waals surface area contributed by atoms with Crippen LogP contribution in [0.4, 0.5) is 0 Å². The maximum absolute atomic E-state index is 5.78. The Morgan fingerprint density at radius 1 is 1.00 bits per heavy atom. The largest absolute Gasteiger partial charge is 0.271 e. The standard InChI is InChI=1S/C16H19BrN2/c1-10-4-5-15(12(3)6-10)16(19-18)13-7-11(2)8-14(17)9-13/h4-9,16,19H,18H2,1-3H3. The molecule has 0 bridgehead atoms. The highest BCUT2D eigenvalue weighted by Crippen LogP contribution is 2.27. The summed E-state index contributed by atoms with van der Waals surface area (Å²) in [7, 11) is 0. The zero-order chi connectivity index (χ0) is 14.0. The van der Waals surface area contributed by atoms with Crippen molar-refractivity contribution in [3.05, 3.63) is 68.7 Å². The molecule has 2 aromatic rings. The monoisotopic (exact) mass is 318 g/mol. The van der Waals surface area contributed by atoms with E-state index in [0.717, 1.165) is 4.47 Å². The van der Waals surface area contributed by atoms with Crippen LogP contribution in [0, 0.1) is 20.8 Å². The zero-order valence-corrected chi connectivity index (χ0v) is 13.1. The average Bonchev–Trinajstić information content (AvgIpc) is 2.31. The molecule has 0 spiro atoms. The van der Waals surface area contributed by atoms with Crippen LogP contribution < -0.4 is 11.3 Å². The molecule has 100 valence electrons. The van der Waals surface area contributed by atoms with Crippen LogP contribution in [0.1, 0.15) is 33.9 Å². The zero-order valence-electron chi connectivity index (χ0n) is 11.5. The molecule has 0 radical (unpaired) electrons. The summed E-state index contributed by atoms with van der Waals surface area (Å²) < 4.78 is 1.08. The Bertz CT molecular complexity index is 573. The van der Waals surface area contributed by atoms with E-state index in [1.807, 2.05) is 0 Å². The second-order valence-corrected chi connectivity index (χ2v) is 5.94. The van der Waals surface area contributed by atoms with E-state index < -0.39 is 0 Å². The predicted octanol–water partition coefficient (Wildman–Crippen LogP) is 3.93. The summed E-state index contributed by atoms with van der Waals surface area (Å²) in [6.07, 6.45) is 0. The van der Waals surface area contributed by atoms with E-state index in [0.29, 0.717) is 0 Å². The number of hydrogen-bond donors (Lipinski definition) is 2. The summed E-state index contributed by atoms with van der Waals surface area (Å²) in [5.74, 6) is 5.78. The normalized spacial score (nSPS) is 12.5. The molecule has 1 atom stereocenters. The van der Waals surface area contributed by atoms with Gasteiger partial charge >= 0.3 is 0 Å². The molecule has 0 heterocycles. The first-order valence-electron chi connectivity index (χ1n) is 6.31. The fourth-order valence-electron chi connectivity index (χ4n) is 2.45. The van der Waals surface area contributed by atoms with Gasteiger partial charge in [-0.15, -0.1) is 0 Å². The lowest BCUT2D eigenvalue weighted by Crippen LogP contribution is -2.29. The van der Waals surface area contributed by atoms with E-state index >= 15 is 0 Å². The number of hydrogen-bond acceptors (Lipinski definition) is 2. The van der Waals surface area contributed by atoms with Crippen molar-refractivity contribution in [2.75, 3.05) is 0 Å². The Morgan fingerprint density at radius 3 is 2.32 bits per heavy atom. The van der Waals surface area contributed by atoms with Crippen LogP contribution in [-0.2, 0) is 0 Å². The molecular weight excluding hydrogens is 300 g/mol. The van der Waals surface area contributed by atoms with Crippen LogP contribution in [0.5, 0.6) is 0 Å². The molecule has 0 saturated heterocycles. The van der Waals surface area contributed by atoms with E-state index in [-0.39, 0.29) is 6.04 Å². The third-order valence-corrected chi connectivity index (χ3v) is 3.76. The lowest BCUT2D eigenvalue weighted by atomic mass is 9.93. The van der Waals surface area contributed by atoms with Crippen molar-refractivity contribution in [1.29, 1.82) is 0 Å². The summed E-state index contributed by atoms with van der Waals surface area (Å²) in [6.45, 7) is 6.31. The van der Waals surface area contributed by atoms with Crippen LogP contribution in [-0.4, -0.2) is 0 Å². The minimum Gasteiger partial charge on any atom is -0.271 e. The first-order chi connectivity index (χ1) is 9.01. The summed E-state index contributed by atoms with van der Waals surface area (Å²) in [4.78, 5) is 0. The predicted molar refractivity (Wildman–Crippen MR) is 84.0 cm³/mol. The highest BCUT2D eigenvalue weighted by atomic mass is 79.9. The fourth-order valence-corrected chi connectivity index (χ4v) is 3.07. The van der Waals surface area contributed by atoms with Crippen molar-refractivity contribution in [3.63, 3.8) is 0 Å². The first kappa shape index (κ1) is 14.3. The smallest absolute Gasteiger partial charge is 0.0713 e. The van der Waals surface area contributed by atoms with Gasteiger partial charge in [-0.2, -0.15) is 0 Å². The SMILES string of the molecule is Cc1cc(Br)cc(C(NN)c2ccc(C)cc2C)c1. The molecule has 0 fully saturated rings. The van der Waals surface area contributed by atoms with Crippen molar-refractivity contribution >= 4 is 15.9 Å². The van der Waals surface area contributed by atoms with Crippen molar-refractivity contribution in [3.8, 4) is 0 Å². The molecule has 19 heavy (non-hydrogen) atoms. The van der Waals surface area contributed by atoms with Gasteiger partial charge in [-0.3, -0.25) is 5.84 Å². The Balaban J connectivity index is 2.49. The van der Waals surface area contributed by atoms with Gasteiger partial charge in [0.05, 0.1) is 6.04 Å². The van der Waals surface area contributed by atoms with Crippen molar-refractivity contribution in [2.45, 2.75) is 26.8 Å². The van der Waals surface area contributed by atoms with E-state index in [2.05, 4.69) is 78.5 Å². The van der Waals surface area contributed by atoms with E-state index in [4.69, 9.17) is 5.84 Å². The second-order valence-electron chi connectivity index (χ2n) is 5.02. The Kier molecular flexibility index (Phi) is 4.40. The highest BCUT2D eigenvalue weighted by molar-refractivity contribution is 9.10. The number of rotatable bonds is 3. The van der Waals surface area contributed by atoms with E-state index in [9.17, 15) is 0 Å². The molecular formula is C16H19BrN2. The van der Waals surface area contributed by atoms with Crippen LogP contribution in [0.3, 0.4) is 0 Å². The average molecular weight is 319 g/mol. The van der Waals surface area contributed by atoms with Crippen LogP contribution in [0.25, 0.3) is 0 Å². The summed E-state index contributed by atoms with van der Waals surface area (Å²) in [5, 5.41) is 0. The van der Waals surface area contributed by atoms with Crippen LogP contribution >= 0.6 is 15.9 Å². The highest BCUT2D eigenvalue weighted by Gasteiger charge is 2.15. The maximum atomic E-state index is 5.78. The van der Waals surface area contributed by atoms with Gasteiger partial charge in [0.15, 0.2) is 0 Å². The molecule has 2 rings (SSSR count). The molecule has 0 aliphatic heterocycles. The minimum atomic E-state index is 0.0109. The summed E-state index contributed by atoms with van der Waals surface area (Å²) in [5.41, 5.74) is 9.04. The van der Waals surface area contributed by atoms with Gasteiger partial charge in [-0.05, 0) is 55.2 Å². The fraction of sp³-hybridized carbons (Fsp3) is 0.250.